The van der Waals surface area contributed by atoms with Gasteiger partial charge in [0.25, 0.3) is 17.7 Å². The van der Waals surface area contributed by atoms with Crippen LogP contribution >= 0.6 is 0 Å². The number of hydrogen-bond donors (Lipinski definition) is 1. The standard InChI is InChI=1S/C21H24N2O5/c1-14(19(25)22-12-11-15-7-3-2-4-8-15)28-18(24)13-23-20(26)16-9-5-6-10-17(16)21(23)27/h5-7,9-10,14H,2-4,8,11-13H2,1H3,(H,22,25)/t14-/m0/s1. The van der Waals surface area contributed by atoms with E-state index in [1.807, 2.05) is 0 Å². The average Bonchev–Trinajstić information content (AvgIpc) is 2.94. The summed E-state index contributed by atoms with van der Waals surface area (Å²) in [6.07, 6.45) is 6.59. The number of imide groups is 1. The molecule has 1 atom stereocenters. The molecule has 1 aromatic carbocycles. The van der Waals surface area contributed by atoms with Crippen LogP contribution in [0.2, 0.25) is 0 Å². The first-order valence-corrected chi connectivity index (χ1v) is 9.57. The number of nitrogens with one attached hydrogen (secondary N) is 1. The van der Waals surface area contributed by atoms with Crippen molar-refractivity contribution in [2.24, 2.45) is 0 Å². The van der Waals surface area contributed by atoms with Crippen LogP contribution in [0.25, 0.3) is 0 Å². The maximum absolute atomic E-state index is 12.3. The average molecular weight is 384 g/mol. The number of carbonyl (C=O) groups excluding carboxylic acids is 4. The molecule has 28 heavy (non-hydrogen) atoms. The number of rotatable bonds is 7. The molecule has 3 rings (SSSR count). The van der Waals surface area contributed by atoms with Crippen LogP contribution in [-0.2, 0) is 14.3 Å². The Balaban J connectivity index is 1.45. The molecule has 0 saturated heterocycles. The van der Waals surface area contributed by atoms with Gasteiger partial charge in [0.1, 0.15) is 6.54 Å². The summed E-state index contributed by atoms with van der Waals surface area (Å²) in [6.45, 7) is 1.44. The zero-order valence-corrected chi connectivity index (χ0v) is 15.9. The Morgan fingerprint density at radius 1 is 1.14 bits per heavy atom. The van der Waals surface area contributed by atoms with Crippen molar-refractivity contribution in [1.29, 1.82) is 0 Å². The Labute approximate surface area is 163 Å². The van der Waals surface area contributed by atoms with E-state index >= 15 is 0 Å². The van der Waals surface area contributed by atoms with Gasteiger partial charge in [-0.1, -0.05) is 23.8 Å². The van der Waals surface area contributed by atoms with Gasteiger partial charge >= 0.3 is 5.97 Å². The topological polar surface area (TPSA) is 92.8 Å². The van der Waals surface area contributed by atoms with Crippen LogP contribution in [0.1, 0.15) is 59.7 Å². The molecule has 3 amide bonds. The molecule has 148 valence electrons. The van der Waals surface area contributed by atoms with Crippen LogP contribution in [0.5, 0.6) is 0 Å². The van der Waals surface area contributed by atoms with Gasteiger partial charge in [-0.3, -0.25) is 24.1 Å². The van der Waals surface area contributed by atoms with Gasteiger partial charge in [-0.25, -0.2) is 0 Å². The van der Waals surface area contributed by atoms with Crippen molar-refractivity contribution in [2.45, 2.75) is 45.1 Å². The number of fused-ring (bicyclic) bond motifs is 1. The number of allylic oxidation sites excluding steroid dienone is 1. The fourth-order valence-electron chi connectivity index (χ4n) is 3.42. The van der Waals surface area contributed by atoms with Crippen molar-refractivity contribution >= 4 is 23.7 Å². The smallest absolute Gasteiger partial charge is 0.326 e. The van der Waals surface area contributed by atoms with Gasteiger partial charge < -0.3 is 10.1 Å². The Morgan fingerprint density at radius 3 is 2.43 bits per heavy atom. The van der Waals surface area contributed by atoms with Crippen LogP contribution in [0.4, 0.5) is 0 Å². The Morgan fingerprint density at radius 2 is 1.82 bits per heavy atom. The first kappa shape index (κ1) is 19.8. The number of ether oxygens (including phenoxy) is 1. The minimum atomic E-state index is -0.997. The van der Waals surface area contributed by atoms with Gasteiger partial charge in [-0.2, -0.15) is 0 Å². The molecule has 0 aromatic heterocycles. The Bertz CT molecular complexity index is 795. The molecule has 1 N–H and O–H groups in total. The normalized spacial score (nSPS) is 17.0. The molecule has 1 aliphatic heterocycles. The summed E-state index contributed by atoms with van der Waals surface area (Å²) in [7, 11) is 0. The molecule has 0 fully saturated rings. The van der Waals surface area contributed by atoms with Crippen LogP contribution in [0.3, 0.4) is 0 Å². The third kappa shape index (κ3) is 4.47. The lowest BCUT2D eigenvalue weighted by Crippen LogP contribution is -2.40. The lowest BCUT2D eigenvalue weighted by atomic mass is 9.97. The molecule has 7 nitrogen and oxygen atoms in total. The molecule has 0 unspecified atom stereocenters. The van der Waals surface area contributed by atoms with E-state index in [2.05, 4.69) is 11.4 Å². The van der Waals surface area contributed by atoms with Gasteiger partial charge in [-0.05, 0) is 51.2 Å². The van der Waals surface area contributed by atoms with E-state index < -0.39 is 36.3 Å². The summed E-state index contributed by atoms with van der Waals surface area (Å²) < 4.78 is 5.10. The zero-order valence-electron chi connectivity index (χ0n) is 15.9. The maximum atomic E-state index is 12.3. The van der Waals surface area contributed by atoms with Gasteiger partial charge in [0.05, 0.1) is 11.1 Å². The SMILES string of the molecule is C[C@H](OC(=O)CN1C(=O)c2ccccc2C1=O)C(=O)NCCC1=CCCCC1. The molecule has 0 bridgehead atoms. The first-order valence-electron chi connectivity index (χ1n) is 9.57. The number of nitrogens with zero attached hydrogens (tertiary/aromatic N) is 1. The van der Waals surface area contributed by atoms with E-state index in [1.54, 1.807) is 24.3 Å². The van der Waals surface area contributed by atoms with Crippen molar-refractivity contribution in [3.05, 3.63) is 47.0 Å². The van der Waals surface area contributed by atoms with Gasteiger partial charge in [0, 0.05) is 6.54 Å². The van der Waals surface area contributed by atoms with Crippen LogP contribution in [-0.4, -0.2) is 47.8 Å². The molecular weight excluding hydrogens is 360 g/mol. The van der Waals surface area contributed by atoms with E-state index in [4.69, 9.17) is 4.74 Å². The molecule has 7 heteroatoms. The molecule has 0 spiro atoms. The van der Waals surface area contributed by atoms with Crippen LogP contribution in [0.15, 0.2) is 35.9 Å². The third-order valence-corrected chi connectivity index (χ3v) is 4.97. The third-order valence-electron chi connectivity index (χ3n) is 4.97. The predicted octanol–water partition coefficient (Wildman–Crippen LogP) is 2.22. The highest BCUT2D eigenvalue weighted by Gasteiger charge is 2.37. The van der Waals surface area contributed by atoms with E-state index in [0.29, 0.717) is 6.54 Å². The monoisotopic (exact) mass is 384 g/mol. The summed E-state index contributed by atoms with van der Waals surface area (Å²) in [5.74, 6) is -2.26. The Hall–Kier alpha value is -2.96. The zero-order chi connectivity index (χ0) is 20.1. The highest BCUT2D eigenvalue weighted by atomic mass is 16.5. The molecule has 0 saturated carbocycles. The van der Waals surface area contributed by atoms with Gasteiger partial charge in [-0.15, -0.1) is 0 Å². The lowest BCUT2D eigenvalue weighted by molar-refractivity contribution is -0.154. The summed E-state index contributed by atoms with van der Waals surface area (Å²) in [4.78, 5) is 49.6. The summed E-state index contributed by atoms with van der Waals surface area (Å²) in [5, 5.41) is 2.76. The largest absolute Gasteiger partial charge is 0.451 e. The fourth-order valence-corrected chi connectivity index (χ4v) is 3.42. The minimum absolute atomic E-state index is 0.267. The summed E-state index contributed by atoms with van der Waals surface area (Å²) in [6, 6.07) is 6.39. The van der Waals surface area contributed by atoms with E-state index in [0.717, 1.165) is 24.2 Å². The van der Waals surface area contributed by atoms with Crippen molar-refractivity contribution in [2.75, 3.05) is 13.1 Å². The van der Waals surface area contributed by atoms with Crippen molar-refractivity contribution < 1.29 is 23.9 Å². The van der Waals surface area contributed by atoms with Crippen molar-refractivity contribution in [3.63, 3.8) is 0 Å². The van der Waals surface area contributed by atoms with E-state index in [-0.39, 0.29) is 11.1 Å². The van der Waals surface area contributed by atoms with Gasteiger partial charge in [0.2, 0.25) is 0 Å². The number of hydrogen-bond acceptors (Lipinski definition) is 5. The molecule has 0 radical (unpaired) electrons. The van der Waals surface area contributed by atoms with Gasteiger partial charge in [0.15, 0.2) is 6.10 Å². The highest BCUT2D eigenvalue weighted by Crippen LogP contribution is 2.22. The van der Waals surface area contributed by atoms with Crippen LogP contribution in [0, 0.1) is 0 Å². The molecular formula is C21H24N2O5. The minimum Gasteiger partial charge on any atom is -0.451 e. The quantitative estimate of drug-likeness (QED) is 0.442. The number of benzene rings is 1. The summed E-state index contributed by atoms with van der Waals surface area (Å²) >= 11 is 0. The van der Waals surface area contributed by atoms with Crippen molar-refractivity contribution in [3.8, 4) is 0 Å². The summed E-state index contributed by atoms with van der Waals surface area (Å²) in [5.41, 5.74) is 1.88. The van der Waals surface area contributed by atoms with E-state index in [1.165, 1.54) is 25.3 Å². The molecule has 1 aromatic rings. The fraction of sp³-hybridized carbons (Fsp3) is 0.429. The predicted molar refractivity (Wildman–Crippen MR) is 102 cm³/mol. The Kier molecular flexibility index (Phi) is 6.23. The second kappa shape index (κ2) is 8.82. The first-order chi connectivity index (χ1) is 13.5. The second-order valence-corrected chi connectivity index (χ2v) is 7.02. The molecule has 1 aliphatic carbocycles. The van der Waals surface area contributed by atoms with Crippen LogP contribution < -0.4 is 5.32 Å². The molecule has 2 aliphatic rings. The number of esters is 1. The second-order valence-electron chi connectivity index (χ2n) is 7.02. The maximum Gasteiger partial charge on any atom is 0.326 e. The van der Waals surface area contributed by atoms with Crippen molar-refractivity contribution in [1.82, 2.24) is 10.2 Å². The lowest BCUT2D eigenvalue weighted by Gasteiger charge is -2.17. The highest BCUT2D eigenvalue weighted by molar-refractivity contribution is 6.22. The molecule has 1 heterocycles. The number of amides is 3. The van der Waals surface area contributed by atoms with E-state index in [9.17, 15) is 19.2 Å². The number of carbonyl (C=O) groups is 4.